The maximum Gasteiger partial charge on any atom is 0.271 e. The van der Waals surface area contributed by atoms with E-state index in [2.05, 4.69) is 10.5 Å². The van der Waals surface area contributed by atoms with Crippen molar-refractivity contribution in [1.29, 1.82) is 0 Å². The Hall–Kier alpha value is -2.75. The van der Waals surface area contributed by atoms with Crippen molar-refractivity contribution in [3.63, 3.8) is 0 Å². The van der Waals surface area contributed by atoms with Gasteiger partial charge in [-0.3, -0.25) is 4.79 Å². The molecule has 0 aliphatic heterocycles. The first kappa shape index (κ1) is 14.7. The van der Waals surface area contributed by atoms with E-state index < -0.39 is 0 Å². The number of hydrogen-bond donors (Lipinski definition) is 1. The number of nitrogens with one attached hydrogen (secondary N) is 1. The van der Waals surface area contributed by atoms with Gasteiger partial charge in [0.25, 0.3) is 5.91 Å². The normalized spacial score (nSPS) is 11.6. The molecule has 4 heteroatoms. The van der Waals surface area contributed by atoms with Gasteiger partial charge in [0.05, 0.1) is 5.71 Å². The van der Waals surface area contributed by atoms with Crippen LogP contribution in [0.25, 0.3) is 6.08 Å². The highest BCUT2D eigenvalue weighted by Crippen LogP contribution is 2.03. The molecule has 0 heterocycles. The molecule has 0 unspecified atom stereocenters. The van der Waals surface area contributed by atoms with Crippen LogP contribution in [0.15, 0.2) is 65.8 Å². The summed E-state index contributed by atoms with van der Waals surface area (Å²) in [5, 5.41) is 3.97. The second-order valence-corrected chi connectivity index (χ2v) is 4.45. The predicted molar refractivity (Wildman–Crippen MR) is 82.5 cm³/mol. The standard InChI is InChI=1S/C17H15FN2O/c1-13(7-8-14-5-3-2-4-6-14)19-20-17(21)15-9-11-16(18)12-10-15/h2-12H,1H3,(H,20,21). The molecule has 3 nitrogen and oxygen atoms in total. The largest absolute Gasteiger partial charge is 0.271 e. The number of halogens is 1. The van der Waals surface area contributed by atoms with E-state index in [1.165, 1.54) is 24.3 Å². The number of benzene rings is 2. The fourth-order valence-electron chi connectivity index (χ4n) is 1.62. The van der Waals surface area contributed by atoms with E-state index in [1.807, 2.05) is 36.4 Å². The summed E-state index contributed by atoms with van der Waals surface area (Å²) < 4.78 is 12.8. The summed E-state index contributed by atoms with van der Waals surface area (Å²) in [6.45, 7) is 1.78. The fraction of sp³-hybridized carbons (Fsp3) is 0.0588. The van der Waals surface area contributed by atoms with E-state index in [1.54, 1.807) is 13.0 Å². The summed E-state index contributed by atoms with van der Waals surface area (Å²) in [5.74, 6) is -0.750. The maximum absolute atomic E-state index is 12.8. The van der Waals surface area contributed by atoms with Crippen LogP contribution in [0.3, 0.4) is 0 Å². The van der Waals surface area contributed by atoms with Crippen LogP contribution in [0.5, 0.6) is 0 Å². The van der Waals surface area contributed by atoms with Gasteiger partial charge in [0, 0.05) is 5.56 Å². The molecule has 0 saturated carbocycles. The summed E-state index contributed by atoms with van der Waals surface area (Å²) in [6, 6.07) is 15.1. The first-order valence-corrected chi connectivity index (χ1v) is 6.48. The van der Waals surface area contributed by atoms with Crippen LogP contribution in [-0.4, -0.2) is 11.6 Å². The molecule has 2 aromatic rings. The minimum Gasteiger partial charge on any atom is -0.267 e. The lowest BCUT2D eigenvalue weighted by Gasteiger charge is -2.00. The van der Waals surface area contributed by atoms with Crippen molar-refractivity contribution in [2.24, 2.45) is 5.10 Å². The number of rotatable bonds is 4. The van der Waals surface area contributed by atoms with Gasteiger partial charge in [-0.25, -0.2) is 9.82 Å². The molecule has 2 aromatic carbocycles. The molecule has 0 saturated heterocycles. The smallest absolute Gasteiger partial charge is 0.267 e. The molecule has 1 N–H and O–H groups in total. The van der Waals surface area contributed by atoms with Gasteiger partial charge in [-0.2, -0.15) is 5.10 Å². The summed E-state index contributed by atoms with van der Waals surface area (Å²) >= 11 is 0. The Morgan fingerprint density at radius 3 is 2.43 bits per heavy atom. The van der Waals surface area contributed by atoms with Crippen LogP contribution in [-0.2, 0) is 0 Å². The van der Waals surface area contributed by atoms with Crippen molar-refractivity contribution in [3.8, 4) is 0 Å². The van der Waals surface area contributed by atoms with Gasteiger partial charge in [-0.05, 0) is 42.8 Å². The lowest BCUT2D eigenvalue weighted by Crippen LogP contribution is -2.18. The molecule has 21 heavy (non-hydrogen) atoms. The molecule has 0 bridgehead atoms. The molecule has 0 fully saturated rings. The summed E-state index contributed by atoms with van der Waals surface area (Å²) in [7, 11) is 0. The van der Waals surface area contributed by atoms with E-state index in [0.29, 0.717) is 11.3 Å². The SMILES string of the molecule is CC(C=Cc1ccccc1)=NNC(=O)c1ccc(F)cc1. The van der Waals surface area contributed by atoms with Gasteiger partial charge < -0.3 is 0 Å². The molecular formula is C17H15FN2O. The van der Waals surface area contributed by atoms with Crippen molar-refractivity contribution < 1.29 is 9.18 Å². The summed E-state index contributed by atoms with van der Waals surface area (Å²) in [5.41, 5.74) is 4.50. The van der Waals surface area contributed by atoms with Crippen molar-refractivity contribution in [2.45, 2.75) is 6.92 Å². The third-order valence-corrected chi connectivity index (χ3v) is 2.76. The molecule has 0 spiro atoms. The summed E-state index contributed by atoms with van der Waals surface area (Å²) in [6.07, 6.45) is 3.71. The van der Waals surface area contributed by atoms with E-state index in [0.717, 1.165) is 5.56 Å². The predicted octanol–water partition coefficient (Wildman–Crippen LogP) is 3.64. The van der Waals surface area contributed by atoms with Gasteiger partial charge >= 0.3 is 0 Å². The van der Waals surface area contributed by atoms with E-state index in [-0.39, 0.29) is 11.7 Å². The van der Waals surface area contributed by atoms with Crippen LogP contribution in [0.1, 0.15) is 22.8 Å². The molecule has 106 valence electrons. The first-order chi connectivity index (χ1) is 10.1. The minimum absolute atomic E-state index is 0.361. The van der Waals surface area contributed by atoms with Crippen LogP contribution in [0.2, 0.25) is 0 Å². The number of allylic oxidation sites excluding steroid dienone is 1. The first-order valence-electron chi connectivity index (χ1n) is 6.48. The quantitative estimate of drug-likeness (QED) is 0.675. The molecule has 0 aliphatic rings. The second kappa shape index (κ2) is 7.14. The highest BCUT2D eigenvalue weighted by Gasteiger charge is 2.03. The highest BCUT2D eigenvalue weighted by atomic mass is 19.1. The molecule has 1 amide bonds. The molecule has 0 radical (unpaired) electrons. The molecule has 0 atom stereocenters. The average molecular weight is 282 g/mol. The number of hydrogen-bond acceptors (Lipinski definition) is 2. The van der Waals surface area contributed by atoms with Crippen LogP contribution in [0.4, 0.5) is 4.39 Å². The van der Waals surface area contributed by atoms with Gasteiger partial charge in [0.2, 0.25) is 0 Å². The monoisotopic (exact) mass is 282 g/mol. The Kier molecular flexibility index (Phi) is 4.99. The zero-order valence-electron chi connectivity index (χ0n) is 11.6. The Morgan fingerprint density at radius 1 is 1.10 bits per heavy atom. The highest BCUT2D eigenvalue weighted by molar-refractivity contribution is 5.99. The molecular weight excluding hydrogens is 267 g/mol. The van der Waals surface area contributed by atoms with Gasteiger partial charge in [0.15, 0.2) is 0 Å². The van der Waals surface area contributed by atoms with Crippen molar-refractivity contribution in [1.82, 2.24) is 5.43 Å². The second-order valence-electron chi connectivity index (χ2n) is 4.45. The van der Waals surface area contributed by atoms with Gasteiger partial charge in [-0.1, -0.05) is 36.4 Å². The minimum atomic E-state index is -0.378. The van der Waals surface area contributed by atoms with E-state index in [9.17, 15) is 9.18 Å². The third kappa shape index (κ3) is 4.69. The Balaban J connectivity index is 1.95. The zero-order valence-corrected chi connectivity index (χ0v) is 11.6. The van der Waals surface area contributed by atoms with Crippen LogP contribution in [0, 0.1) is 5.82 Å². The summed E-state index contributed by atoms with van der Waals surface area (Å²) in [4.78, 5) is 11.8. The van der Waals surface area contributed by atoms with Gasteiger partial charge in [-0.15, -0.1) is 0 Å². The lowest BCUT2D eigenvalue weighted by atomic mass is 10.2. The van der Waals surface area contributed by atoms with E-state index in [4.69, 9.17) is 0 Å². The number of amides is 1. The van der Waals surface area contributed by atoms with Crippen molar-refractivity contribution in [2.75, 3.05) is 0 Å². The fourth-order valence-corrected chi connectivity index (χ4v) is 1.62. The number of carbonyl (C=O) groups is 1. The number of hydrazone groups is 1. The Bertz CT molecular complexity index is 661. The topological polar surface area (TPSA) is 41.5 Å². The van der Waals surface area contributed by atoms with E-state index >= 15 is 0 Å². The van der Waals surface area contributed by atoms with Gasteiger partial charge in [0.1, 0.15) is 5.82 Å². The third-order valence-electron chi connectivity index (χ3n) is 2.76. The maximum atomic E-state index is 12.8. The van der Waals surface area contributed by atoms with Crippen LogP contribution >= 0.6 is 0 Å². The number of carbonyl (C=O) groups excluding carboxylic acids is 1. The zero-order chi connectivity index (χ0) is 15.1. The average Bonchev–Trinajstić information content (AvgIpc) is 2.52. The van der Waals surface area contributed by atoms with Crippen molar-refractivity contribution in [3.05, 3.63) is 77.6 Å². The molecule has 2 rings (SSSR count). The molecule has 0 aliphatic carbocycles. The lowest BCUT2D eigenvalue weighted by molar-refractivity contribution is 0.0955. The Labute approximate surface area is 122 Å². The molecule has 0 aromatic heterocycles. The Morgan fingerprint density at radius 2 is 1.76 bits per heavy atom. The van der Waals surface area contributed by atoms with Crippen LogP contribution < -0.4 is 5.43 Å². The number of nitrogens with zero attached hydrogens (tertiary/aromatic N) is 1. The van der Waals surface area contributed by atoms with Crippen molar-refractivity contribution >= 4 is 17.7 Å².